The fraction of sp³-hybridized carbons (Fsp3) is 0.500. The lowest BCUT2D eigenvalue weighted by Crippen LogP contribution is -2.43. The monoisotopic (exact) mass is 294 g/mol. The number of thiophene rings is 1. The van der Waals surface area contributed by atoms with Crippen molar-refractivity contribution in [2.24, 2.45) is 0 Å². The van der Waals surface area contributed by atoms with E-state index in [9.17, 15) is 14.4 Å². The van der Waals surface area contributed by atoms with Gasteiger partial charge in [0.05, 0.1) is 5.41 Å². The summed E-state index contributed by atoms with van der Waals surface area (Å²) in [4.78, 5) is 37.3. The number of amides is 3. The predicted octanol–water partition coefficient (Wildman–Crippen LogP) is 1.29. The number of carbonyl (C=O) groups is 3. The van der Waals surface area contributed by atoms with E-state index < -0.39 is 5.41 Å². The van der Waals surface area contributed by atoms with Gasteiger partial charge in [-0.25, -0.2) is 0 Å². The molecule has 1 aliphatic rings. The molecular weight excluding hydrogens is 276 g/mol. The Morgan fingerprint density at radius 1 is 1.50 bits per heavy atom. The summed E-state index contributed by atoms with van der Waals surface area (Å²) in [5, 5.41) is 6.44. The third-order valence-electron chi connectivity index (χ3n) is 3.56. The van der Waals surface area contributed by atoms with E-state index in [4.69, 9.17) is 0 Å². The average Bonchev–Trinajstić information content (AvgIpc) is 3.01. The van der Waals surface area contributed by atoms with E-state index in [0.717, 1.165) is 16.9 Å². The molecule has 1 saturated heterocycles. The lowest BCUT2D eigenvalue weighted by atomic mass is 9.83. The smallest absolute Gasteiger partial charge is 0.240 e. The quantitative estimate of drug-likeness (QED) is 0.832. The second kappa shape index (κ2) is 5.75. The first kappa shape index (κ1) is 14.7. The van der Waals surface area contributed by atoms with Gasteiger partial charge in [0, 0.05) is 13.0 Å². The third-order valence-corrected chi connectivity index (χ3v) is 4.24. The molecule has 6 heteroatoms. The van der Waals surface area contributed by atoms with Gasteiger partial charge in [0.1, 0.15) is 6.54 Å². The second-order valence-electron chi connectivity index (χ2n) is 5.16. The van der Waals surface area contributed by atoms with Crippen LogP contribution < -0.4 is 5.32 Å². The highest BCUT2D eigenvalue weighted by molar-refractivity contribution is 7.08. The number of rotatable bonds is 5. The van der Waals surface area contributed by atoms with Crippen molar-refractivity contribution in [3.05, 3.63) is 22.4 Å². The van der Waals surface area contributed by atoms with Crippen LogP contribution in [0.15, 0.2) is 16.8 Å². The van der Waals surface area contributed by atoms with Crippen LogP contribution in [0, 0.1) is 0 Å². The van der Waals surface area contributed by atoms with Crippen LogP contribution >= 0.6 is 11.3 Å². The van der Waals surface area contributed by atoms with Crippen LogP contribution in [0.25, 0.3) is 0 Å². The summed E-state index contributed by atoms with van der Waals surface area (Å²) in [6.45, 7) is 4.08. The van der Waals surface area contributed by atoms with Crippen molar-refractivity contribution < 1.29 is 14.4 Å². The molecule has 0 radical (unpaired) electrons. The number of imide groups is 1. The van der Waals surface area contributed by atoms with E-state index in [2.05, 4.69) is 5.32 Å². The molecule has 1 N–H and O–H groups in total. The Labute approximate surface area is 122 Å². The first-order chi connectivity index (χ1) is 9.49. The Bertz CT molecular complexity index is 527. The van der Waals surface area contributed by atoms with Crippen LogP contribution in [0.3, 0.4) is 0 Å². The summed E-state index contributed by atoms with van der Waals surface area (Å²) in [7, 11) is 0. The summed E-state index contributed by atoms with van der Waals surface area (Å²) in [5.41, 5.74) is 0.0135. The molecule has 1 fully saturated rings. The Kier molecular flexibility index (Phi) is 4.23. The van der Waals surface area contributed by atoms with Crippen molar-refractivity contribution >= 4 is 29.1 Å². The summed E-state index contributed by atoms with van der Waals surface area (Å²) >= 11 is 1.49. The predicted molar refractivity (Wildman–Crippen MR) is 76.3 cm³/mol. The minimum Gasteiger partial charge on any atom is -0.355 e. The molecule has 1 aromatic rings. The molecule has 5 nitrogen and oxygen atoms in total. The molecule has 1 aromatic heterocycles. The zero-order chi connectivity index (χ0) is 14.8. The Morgan fingerprint density at radius 3 is 2.85 bits per heavy atom. The SMILES string of the molecule is CCCNC(=O)CN1C(=O)C[C@@](C)(c2ccsc2)C1=O. The average molecular weight is 294 g/mol. The Balaban J connectivity index is 2.11. The molecular formula is C14H18N2O3S. The molecule has 0 spiro atoms. The van der Waals surface area contributed by atoms with Crippen molar-refractivity contribution in [3.8, 4) is 0 Å². The van der Waals surface area contributed by atoms with Gasteiger partial charge >= 0.3 is 0 Å². The molecule has 0 aliphatic carbocycles. The Morgan fingerprint density at radius 2 is 2.25 bits per heavy atom. The molecule has 1 aliphatic heterocycles. The summed E-state index contributed by atoms with van der Waals surface area (Å²) < 4.78 is 0. The van der Waals surface area contributed by atoms with Crippen LogP contribution in [-0.4, -0.2) is 35.7 Å². The fourth-order valence-electron chi connectivity index (χ4n) is 2.31. The summed E-state index contributed by atoms with van der Waals surface area (Å²) in [6.07, 6.45) is 0.948. The highest BCUT2D eigenvalue weighted by Gasteiger charge is 2.49. The minimum absolute atomic E-state index is 0.129. The van der Waals surface area contributed by atoms with Gasteiger partial charge in [-0.2, -0.15) is 11.3 Å². The lowest BCUT2D eigenvalue weighted by Gasteiger charge is -2.21. The fourth-order valence-corrected chi connectivity index (χ4v) is 3.10. The van der Waals surface area contributed by atoms with Crippen molar-refractivity contribution in [2.45, 2.75) is 32.1 Å². The number of carbonyl (C=O) groups excluding carboxylic acids is 3. The largest absolute Gasteiger partial charge is 0.355 e. The maximum absolute atomic E-state index is 12.5. The first-order valence-corrected chi connectivity index (χ1v) is 7.57. The number of nitrogens with zero attached hydrogens (tertiary/aromatic N) is 1. The van der Waals surface area contributed by atoms with Gasteiger partial charge in [0.2, 0.25) is 17.7 Å². The van der Waals surface area contributed by atoms with Gasteiger partial charge in [0.25, 0.3) is 0 Å². The molecule has 0 saturated carbocycles. The molecule has 0 unspecified atom stereocenters. The van der Waals surface area contributed by atoms with E-state index >= 15 is 0 Å². The van der Waals surface area contributed by atoms with Crippen molar-refractivity contribution in [2.75, 3.05) is 13.1 Å². The summed E-state index contributed by atoms with van der Waals surface area (Å²) in [6, 6.07) is 1.86. The molecule has 3 amide bonds. The molecule has 2 heterocycles. The lowest BCUT2D eigenvalue weighted by molar-refractivity contribution is -0.143. The molecule has 0 bridgehead atoms. The topological polar surface area (TPSA) is 66.5 Å². The second-order valence-corrected chi connectivity index (χ2v) is 5.94. The van der Waals surface area contributed by atoms with Gasteiger partial charge in [0.15, 0.2) is 0 Å². The van der Waals surface area contributed by atoms with Gasteiger partial charge in [-0.1, -0.05) is 6.92 Å². The van der Waals surface area contributed by atoms with Gasteiger partial charge in [-0.05, 0) is 35.7 Å². The van der Waals surface area contributed by atoms with E-state index in [1.807, 2.05) is 23.8 Å². The molecule has 108 valence electrons. The molecule has 20 heavy (non-hydrogen) atoms. The standard InChI is InChI=1S/C14H18N2O3S/c1-3-5-15-11(17)8-16-12(18)7-14(2,13(16)19)10-4-6-20-9-10/h4,6,9H,3,5,7-8H2,1-2H3,(H,15,17)/t14-/m0/s1. The minimum atomic E-state index is -0.831. The first-order valence-electron chi connectivity index (χ1n) is 6.63. The van der Waals surface area contributed by atoms with Crippen LogP contribution in [0.2, 0.25) is 0 Å². The van der Waals surface area contributed by atoms with E-state index in [0.29, 0.717) is 6.54 Å². The van der Waals surface area contributed by atoms with Crippen LogP contribution in [-0.2, 0) is 19.8 Å². The molecule has 0 aromatic carbocycles. The Hall–Kier alpha value is -1.69. The zero-order valence-electron chi connectivity index (χ0n) is 11.6. The number of hydrogen-bond acceptors (Lipinski definition) is 4. The van der Waals surface area contributed by atoms with E-state index in [-0.39, 0.29) is 30.7 Å². The van der Waals surface area contributed by atoms with Crippen molar-refractivity contribution in [1.82, 2.24) is 10.2 Å². The van der Waals surface area contributed by atoms with Crippen molar-refractivity contribution in [3.63, 3.8) is 0 Å². The van der Waals surface area contributed by atoms with Crippen LogP contribution in [0.4, 0.5) is 0 Å². The summed E-state index contributed by atoms with van der Waals surface area (Å²) in [5.74, 6) is -0.856. The van der Waals surface area contributed by atoms with E-state index in [1.165, 1.54) is 11.3 Å². The number of hydrogen-bond donors (Lipinski definition) is 1. The van der Waals surface area contributed by atoms with Gasteiger partial charge < -0.3 is 5.32 Å². The maximum Gasteiger partial charge on any atom is 0.240 e. The third kappa shape index (κ3) is 2.60. The van der Waals surface area contributed by atoms with Gasteiger partial charge in [-0.3, -0.25) is 19.3 Å². The number of likely N-dealkylation sites (tertiary alicyclic amines) is 1. The zero-order valence-corrected chi connectivity index (χ0v) is 12.5. The normalized spacial score (nSPS) is 22.4. The maximum atomic E-state index is 12.5. The highest BCUT2D eigenvalue weighted by atomic mass is 32.1. The van der Waals surface area contributed by atoms with Crippen LogP contribution in [0.5, 0.6) is 0 Å². The van der Waals surface area contributed by atoms with Crippen molar-refractivity contribution in [1.29, 1.82) is 0 Å². The van der Waals surface area contributed by atoms with E-state index in [1.54, 1.807) is 6.92 Å². The highest BCUT2D eigenvalue weighted by Crippen LogP contribution is 2.37. The van der Waals surface area contributed by atoms with Gasteiger partial charge in [-0.15, -0.1) is 0 Å². The molecule has 1 atom stereocenters. The van der Waals surface area contributed by atoms with Crippen LogP contribution in [0.1, 0.15) is 32.3 Å². The number of nitrogens with one attached hydrogen (secondary N) is 1. The molecule has 2 rings (SSSR count).